The molecule has 1 aromatic heterocycles. The average molecular weight is 269 g/mol. The second-order valence-electron chi connectivity index (χ2n) is 4.88. The molecule has 4 heteroatoms. The number of ether oxygens (including phenoxy) is 2. The van der Waals surface area contributed by atoms with Crippen LogP contribution in [0.5, 0.6) is 0 Å². The van der Waals surface area contributed by atoms with E-state index in [1.807, 2.05) is 0 Å². The van der Waals surface area contributed by atoms with Gasteiger partial charge in [-0.15, -0.1) is 11.3 Å². The lowest BCUT2D eigenvalue weighted by atomic mass is 9.85. The predicted molar refractivity (Wildman–Crippen MR) is 73.8 cm³/mol. The van der Waals surface area contributed by atoms with E-state index in [0.717, 1.165) is 17.3 Å². The smallest absolute Gasteiger partial charge is 0.122 e. The summed E-state index contributed by atoms with van der Waals surface area (Å²) in [4.78, 5) is 4.66. The second-order valence-corrected chi connectivity index (χ2v) is 5.77. The Kier molecular flexibility index (Phi) is 5.60. The summed E-state index contributed by atoms with van der Waals surface area (Å²) >= 11 is 1.72. The molecule has 0 bridgehead atoms. The van der Waals surface area contributed by atoms with Crippen molar-refractivity contribution in [3.8, 4) is 0 Å². The number of hydrogen-bond donors (Lipinski definition) is 0. The van der Waals surface area contributed by atoms with Crippen molar-refractivity contribution in [3.05, 3.63) is 16.1 Å². The van der Waals surface area contributed by atoms with Gasteiger partial charge in [0.15, 0.2) is 0 Å². The molecular formula is C14H23NO2S. The Labute approximate surface area is 114 Å². The minimum atomic E-state index is 0.200. The van der Waals surface area contributed by atoms with E-state index in [2.05, 4.69) is 17.3 Å². The third-order valence-corrected chi connectivity index (χ3v) is 4.48. The van der Waals surface area contributed by atoms with Gasteiger partial charge in [-0.2, -0.15) is 0 Å². The number of aromatic nitrogens is 1. The molecule has 0 aromatic carbocycles. The molecule has 1 aliphatic carbocycles. The molecule has 18 heavy (non-hydrogen) atoms. The monoisotopic (exact) mass is 269 g/mol. The first-order chi connectivity index (χ1) is 8.85. The molecule has 1 fully saturated rings. The molecule has 2 rings (SSSR count). The van der Waals surface area contributed by atoms with E-state index in [9.17, 15) is 0 Å². The first-order valence-electron chi connectivity index (χ1n) is 6.90. The van der Waals surface area contributed by atoms with Gasteiger partial charge in [-0.1, -0.05) is 19.3 Å². The highest BCUT2D eigenvalue weighted by Crippen LogP contribution is 2.38. The molecule has 1 unspecified atom stereocenters. The van der Waals surface area contributed by atoms with Crippen LogP contribution in [0.3, 0.4) is 0 Å². The molecule has 102 valence electrons. The molecule has 1 aromatic rings. The fraction of sp³-hybridized carbons (Fsp3) is 0.786. The largest absolute Gasteiger partial charge is 0.378 e. The van der Waals surface area contributed by atoms with Crippen molar-refractivity contribution in [3.63, 3.8) is 0 Å². The number of methoxy groups -OCH3 is 1. The standard InChI is InChI=1S/C14H23NO2S/c1-3-17-13(11-7-5-4-6-8-11)14-15-12(9-16-2)10-18-14/h10-11,13H,3-9H2,1-2H3. The molecule has 1 atom stereocenters. The van der Waals surface area contributed by atoms with Crippen molar-refractivity contribution in [1.29, 1.82) is 0 Å². The lowest BCUT2D eigenvalue weighted by Gasteiger charge is -2.28. The zero-order valence-corrected chi connectivity index (χ0v) is 12.2. The highest BCUT2D eigenvalue weighted by atomic mass is 32.1. The highest BCUT2D eigenvalue weighted by molar-refractivity contribution is 7.09. The fourth-order valence-corrected chi connectivity index (χ4v) is 3.64. The van der Waals surface area contributed by atoms with E-state index < -0.39 is 0 Å². The maximum absolute atomic E-state index is 5.97. The third kappa shape index (κ3) is 3.53. The van der Waals surface area contributed by atoms with E-state index in [-0.39, 0.29) is 6.10 Å². The van der Waals surface area contributed by atoms with Gasteiger partial charge in [-0.05, 0) is 25.7 Å². The molecule has 0 aliphatic heterocycles. The van der Waals surface area contributed by atoms with Crippen LogP contribution in [0, 0.1) is 5.92 Å². The van der Waals surface area contributed by atoms with Crippen molar-refractivity contribution in [2.75, 3.05) is 13.7 Å². The predicted octanol–water partition coefficient (Wildman–Crippen LogP) is 3.95. The zero-order valence-electron chi connectivity index (χ0n) is 11.4. The van der Waals surface area contributed by atoms with Gasteiger partial charge in [0.25, 0.3) is 0 Å². The van der Waals surface area contributed by atoms with E-state index in [1.54, 1.807) is 18.4 Å². The van der Waals surface area contributed by atoms with Crippen LogP contribution in [0.2, 0.25) is 0 Å². The van der Waals surface area contributed by atoms with Crippen molar-refractivity contribution < 1.29 is 9.47 Å². The molecule has 0 N–H and O–H groups in total. The molecular weight excluding hydrogens is 246 g/mol. The van der Waals surface area contributed by atoms with Gasteiger partial charge in [0, 0.05) is 19.1 Å². The van der Waals surface area contributed by atoms with Crippen molar-refractivity contribution in [1.82, 2.24) is 4.98 Å². The van der Waals surface area contributed by atoms with Gasteiger partial charge >= 0.3 is 0 Å². The van der Waals surface area contributed by atoms with Crippen molar-refractivity contribution in [2.24, 2.45) is 5.92 Å². The lowest BCUT2D eigenvalue weighted by molar-refractivity contribution is 0.00529. The number of hydrogen-bond acceptors (Lipinski definition) is 4. The van der Waals surface area contributed by atoms with E-state index in [4.69, 9.17) is 9.47 Å². The summed E-state index contributed by atoms with van der Waals surface area (Å²) < 4.78 is 11.1. The summed E-state index contributed by atoms with van der Waals surface area (Å²) in [5, 5.41) is 3.23. The Balaban J connectivity index is 2.06. The quantitative estimate of drug-likeness (QED) is 0.783. The summed E-state index contributed by atoms with van der Waals surface area (Å²) in [6.07, 6.45) is 6.82. The SMILES string of the molecule is CCOC(c1nc(COC)cs1)C1CCCCC1. The Hall–Kier alpha value is -0.450. The van der Waals surface area contributed by atoms with Gasteiger partial charge in [-0.25, -0.2) is 4.98 Å². The van der Waals surface area contributed by atoms with Crippen LogP contribution in [0.1, 0.15) is 55.8 Å². The molecule has 0 radical (unpaired) electrons. The molecule has 0 saturated heterocycles. The maximum Gasteiger partial charge on any atom is 0.122 e. The first-order valence-corrected chi connectivity index (χ1v) is 7.78. The van der Waals surface area contributed by atoms with E-state index in [1.165, 1.54) is 32.1 Å². The average Bonchev–Trinajstić information content (AvgIpc) is 2.86. The molecule has 0 amide bonds. The molecule has 0 spiro atoms. The van der Waals surface area contributed by atoms with Crippen LogP contribution >= 0.6 is 11.3 Å². The topological polar surface area (TPSA) is 31.4 Å². The van der Waals surface area contributed by atoms with Crippen LogP contribution in [-0.4, -0.2) is 18.7 Å². The molecule has 3 nitrogen and oxygen atoms in total. The second kappa shape index (κ2) is 7.22. The highest BCUT2D eigenvalue weighted by Gasteiger charge is 2.27. The Morgan fingerprint density at radius 1 is 1.39 bits per heavy atom. The Morgan fingerprint density at radius 2 is 2.17 bits per heavy atom. The van der Waals surface area contributed by atoms with Crippen LogP contribution in [0.4, 0.5) is 0 Å². The van der Waals surface area contributed by atoms with Gasteiger partial charge in [0.05, 0.1) is 12.3 Å². The van der Waals surface area contributed by atoms with Crippen LogP contribution in [0.15, 0.2) is 5.38 Å². The maximum atomic E-state index is 5.97. The minimum Gasteiger partial charge on any atom is -0.378 e. The molecule has 1 heterocycles. The zero-order chi connectivity index (χ0) is 12.8. The van der Waals surface area contributed by atoms with Gasteiger partial charge in [0.2, 0.25) is 0 Å². The summed E-state index contributed by atoms with van der Waals surface area (Å²) in [7, 11) is 1.71. The molecule has 1 saturated carbocycles. The van der Waals surface area contributed by atoms with E-state index in [0.29, 0.717) is 12.5 Å². The summed E-state index contributed by atoms with van der Waals surface area (Å²) in [5.41, 5.74) is 1.03. The Bertz CT molecular complexity index is 347. The van der Waals surface area contributed by atoms with Crippen LogP contribution in [-0.2, 0) is 16.1 Å². The van der Waals surface area contributed by atoms with Crippen LogP contribution < -0.4 is 0 Å². The number of thiazole rings is 1. The van der Waals surface area contributed by atoms with Gasteiger partial charge < -0.3 is 9.47 Å². The number of nitrogens with zero attached hydrogens (tertiary/aromatic N) is 1. The summed E-state index contributed by atoms with van der Waals surface area (Å²) in [6.45, 7) is 3.43. The third-order valence-electron chi connectivity index (χ3n) is 3.53. The van der Waals surface area contributed by atoms with Crippen molar-refractivity contribution in [2.45, 2.75) is 51.7 Å². The number of rotatable bonds is 6. The summed E-state index contributed by atoms with van der Waals surface area (Å²) in [6, 6.07) is 0. The van der Waals surface area contributed by atoms with Crippen molar-refractivity contribution >= 4 is 11.3 Å². The fourth-order valence-electron chi connectivity index (χ4n) is 2.69. The van der Waals surface area contributed by atoms with Gasteiger partial charge in [0.1, 0.15) is 11.1 Å². The normalized spacial score (nSPS) is 19.0. The van der Waals surface area contributed by atoms with Gasteiger partial charge in [-0.3, -0.25) is 0 Å². The van der Waals surface area contributed by atoms with E-state index >= 15 is 0 Å². The Morgan fingerprint density at radius 3 is 2.83 bits per heavy atom. The van der Waals surface area contributed by atoms with Crippen LogP contribution in [0.25, 0.3) is 0 Å². The summed E-state index contributed by atoms with van der Waals surface area (Å²) in [5.74, 6) is 0.653. The lowest BCUT2D eigenvalue weighted by Crippen LogP contribution is -2.19. The molecule has 1 aliphatic rings. The minimum absolute atomic E-state index is 0.200. The first kappa shape index (κ1) is 14.0.